The van der Waals surface area contributed by atoms with Crippen LogP contribution in [0.1, 0.15) is 6.42 Å². The van der Waals surface area contributed by atoms with Crippen molar-refractivity contribution >= 4 is 5.69 Å². The first kappa shape index (κ1) is 9.40. The molecule has 0 aliphatic rings. The Morgan fingerprint density at radius 3 is 2.77 bits per heavy atom. The molecule has 3 nitrogen and oxygen atoms in total. The van der Waals surface area contributed by atoms with Gasteiger partial charge in [0.25, 0.3) is 0 Å². The molecular weight excluding hydrogens is 164 g/mol. The van der Waals surface area contributed by atoms with Crippen LogP contribution in [0.3, 0.4) is 0 Å². The van der Waals surface area contributed by atoms with Gasteiger partial charge in [-0.05, 0) is 12.1 Å². The Hall–Kier alpha value is -1.69. The fourth-order valence-electron chi connectivity index (χ4n) is 1.13. The van der Waals surface area contributed by atoms with E-state index in [2.05, 4.69) is 6.07 Å². The Balaban J connectivity index is 2.72. The van der Waals surface area contributed by atoms with Crippen molar-refractivity contribution < 1.29 is 5.11 Å². The monoisotopic (exact) mass is 176 g/mol. The van der Waals surface area contributed by atoms with Gasteiger partial charge in [0.2, 0.25) is 0 Å². The normalized spacial score (nSPS) is 9.23. The van der Waals surface area contributed by atoms with Crippen LogP contribution in [0, 0.1) is 11.3 Å². The first-order chi connectivity index (χ1) is 6.25. The summed E-state index contributed by atoms with van der Waals surface area (Å²) in [5.41, 5.74) is 0.762. The average Bonchev–Trinajstić information content (AvgIpc) is 2.15. The molecule has 0 aliphatic carbocycles. The average molecular weight is 176 g/mol. The van der Waals surface area contributed by atoms with E-state index >= 15 is 0 Å². The van der Waals surface area contributed by atoms with E-state index in [0.717, 1.165) is 5.69 Å². The summed E-state index contributed by atoms with van der Waals surface area (Å²) >= 11 is 0. The second-order valence-corrected chi connectivity index (χ2v) is 2.82. The molecule has 1 rings (SSSR count). The summed E-state index contributed by atoms with van der Waals surface area (Å²) in [7, 11) is 1.85. The van der Waals surface area contributed by atoms with E-state index in [-0.39, 0.29) is 5.75 Å². The number of aromatic hydroxyl groups is 1. The van der Waals surface area contributed by atoms with Crippen LogP contribution in [0.25, 0.3) is 0 Å². The lowest BCUT2D eigenvalue weighted by Gasteiger charge is -2.18. The van der Waals surface area contributed by atoms with Gasteiger partial charge in [-0.25, -0.2) is 0 Å². The smallest absolute Gasteiger partial charge is 0.138 e. The molecule has 0 saturated carbocycles. The second-order valence-electron chi connectivity index (χ2n) is 2.82. The van der Waals surface area contributed by atoms with Crippen molar-refractivity contribution in [3.63, 3.8) is 0 Å². The zero-order valence-corrected chi connectivity index (χ0v) is 7.57. The highest BCUT2D eigenvalue weighted by Gasteiger charge is 2.03. The van der Waals surface area contributed by atoms with E-state index in [9.17, 15) is 5.11 Å². The number of phenols is 1. The predicted octanol–water partition coefficient (Wildman–Crippen LogP) is 1.74. The molecule has 1 aromatic rings. The number of para-hydroxylation sites is 2. The van der Waals surface area contributed by atoms with E-state index in [0.29, 0.717) is 13.0 Å². The van der Waals surface area contributed by atoms with Crippen molar-refractivity contribution in [3.05, 3.63) is 24.3 Å². The highest BCUT2D eigenvalue weighted by atomic mass is 16.3. The Labute approximate surface area is 77.8 Å². The van der Waals surface area contributed by atoms with Crippen LogP contribution in [0.2, 0.25) is 0 Å². The third kappa shape index (κ3) is 2.38. The van der Waals surface area contributed by atoms with Gasteiger partial charge in [-0.15, -0.1) is 0 Å². The van der Waals surface area contributed by atoms with E-state index < -0.39 is 0 Å². The molecule has 13 heavy (non-hydrogen) atoms. The first-order valence-electron chi connectivity index (χ1n) is 4.12. The number of phenolic OH excluding ortho intramolecular Hbond substituents is 1. The fourth-order valence-corrected chi connectivity index (χ4v) is 1.13. The lowest BCUT2D eigenvalue weighted by Crippen LogP contribution is -2.17. The predicted molar refractivity (Wildman–Crippen MR) is 51.6 cm³/mol. The van der Waals surface area contributed by atoms with Crippen molar-refractivity contribution in [2.75, 3.05) is 18.5 Å². The molecule has 0 aliphatic heterocycles. The van der Waals surface area contributed by atoms with Gasteiger partial charge in [0.1, 0.15) is 5.75 Å². The molecule has 68 valence electrons. The maximum atomic E-state index is 9.46. The SMILES string of the molecule is CN(CCC#N)c1ccccc1O. The van der Waals surface area contributed by atoms with Gasteiger partial charge in [0, 0.05) is 13.6 Å². The largest absolute Gasteiger partial charge is 0.506 e. The van der Waals surface area contributed by atoms with Crippen LogP contribution in [0.4, 0.5) is 5.69 Å². The zero-order chi connectivity index (χ0) is 9.68. The van der Waals surface area contributed by atoms with Crippen molar-refractivity contribution in [1.82, 2.24) is 0 Å². The minimum Gasteiger partial charge on any atom is -0.506 e. The molecule has 0 heterocycles. The molecule has 0 saturated heterocycles. The number of nitriles is 1. The van der Waals surface area contributed by atoms with Crippen molar-refractivity contribution in [3.8, 4) is 11.8 Å². The number of hydrogen-bond acceptors (Lipinski definition) is 3. The van der Waals surface area contributed by atoms with Gasteiger partial charge >= 0.3 is 0 Å². The van der Waals surface area contributed by atoms with Gasteiger partial charge in [-0.3, -0.25) is 0 Å². The molecule has 0 atom stereocenters. The number of rotatable bonds is 3. The second kappa shape index (κ2) is 4.36. The van der Waals surface area contributed by atoms with Gasteiger partial charge in [-0.2, -0.15) is 5.26 Å². The molecule has 1 aromatic carbocycles. The lowest BCUT2D eigenvalue weighted by molar-refractivity contribution is 0.475. The maximum Gasteiger partial charge on any atom is 0.138 e. The van der Waals surface area contributed by atoms with E-state index in [1.54, 1.807) is 12.1 Å². The van der Waals surface area contributed by atoms with E-state index in [4.69, 9.17) is 5.26 Å². The number of nitrogens with zero attached hydrogens (tertiary/aromatic N) is 2. The molecule has 0 unspecified atom stereocenters. The van der Waals surface area contributed by atoms with Crippen molar-refractivity contribution in [2.45, 2.75) is 6.42 Å². The lowest BCUT2D eigenvalue weighted by atomic mass is 10.2. The highest BCUT2D eigenvalue weighted by Crippen LogP contribution is 2.24. The maximum absolute atomic E-state index is 9.46. The topological polar surface area (TPSA) is 47.3 Å². The highest BCUT2D eigenvalue weighted by molar-refractivity contribution is 5.56. The van der Waals surface area contributed by atoms with E-state index in [1.165, 1.54) is 0 Å². The summed E-state index contributed by atoms with van der Waals surface area (Å²) in [5, 5.41) is 17.8. The quantitative estimate of drug-likeness (QED) is 0.763. The molecule has 0 amide bonds. The molecule has 0 aromatic heterocycles. The zero-order valence-electron chi connectivity index (χ0n) is 7.57. The van der Waals surface area contributed by atoms with Crippen LogP contribution in [0.15, 0.2) is 24.3 Å². The molecule has 0 fully saturated rings. The summed E-state index contributed by atoms with van der Waals surface area (Å²) in [6.45, 7) is 0.633. The summed E-state index contributed by atoms with van der Waals surface area (Å²) in [6.07, 6.45) is 0.463. The summed E-state index contributed by atoms with van der Waals surface area (Å²) in [5.74, 6) is 0.253. The summed E-state index contributed by atoms with van der Waals surface area (Å²) in [6, 6.07) is 9.16. The number of anilines is 1. The molecule has 0 radical (unpaired) electrons. The van der Waals surface area contributed by atoms with Crippen LogP contribution in [0.5, 0.6) is 5.75 Å². The summed E-state index contributed by atoms with van der Waals surface area (Å²) in [4.78, 5) is 1.86. The first-order valence-corrected chi connectivity index (χ1v) is 4.12. The Bertz CT molecular complexity index is 317. The molecular formula is C10H12N2O. The fraction of sp³-hybridized carbons (Fsp3) is 0.300. The van der Waals surface area contributed by atoms with Gasteiger partial charge in [0.05, 0.1) is 18.2 Å². The van der Waals surface area contributed by atoms with Gasteiger partial charge in [0.15, 0.2) is 0 Å². The van der Waals surface area contributed by atoms with Crippen molar-refractivity contribution in [1.29, 1.82) is 5.26 Å². The van der Waals surface area contributed by atoms with Crippen LogP contribution < -0.4 is 4.90 Å². The molecule has 0 spiro atoms. The van der Waals surface area contributed by atoms with Crippen LogP contribution >= 0.6 is 0 Å². The van der Waals surface area contributed by atoms with Gasteiger partial charge < -0.3 is 10.0 Å². The minimum atomic E-state index is 0.253. The Kier molecular flexibility index (Phi) is 3.15. The number of hydrogen-bond donors (Lipinski definition) is 1. The molecule has 1 N–H and O–H groups in total. The van der Waals surface area contributed by atoms with Crippen LogP contribution in [-0.2, 0) is 0 Å². The molecule has 3 heteroatoms. The van der Waals surface area contributed by atoms with Crippen molar-refractivity contribution in [2.24, 2.45) is 0 Å². The van der Waals surface area contributed by atoms with Crippen LogP contribution in [-0.4, -0.2) is 18.7 Å². The third-order valence-corrected chi connectivity index (χ3v) is 1.85. The summed E-state index contributed by atoms with van der Waals surface area (Å²) < 4.78 is 0. The molecule has 0 bridgehead atoms. The van der Waals surface area contributed by atoms with E-state index in [1.807, 2.05) is 24.1 Å². The number of benzene rings is 1. The Morgan fingerprint density at radius 2 is 2.15 bits per heavy atom. The standard InChI is InChI=1S/C10H12N2O/c1-12(8-4-7-11)9-5-2-3-6-10(9)13/h2-3,5-6,13H,4,8H2,1H3. The Morgan fingerprint density at radius 1 is 1.46 bits per heavy atom. The van der Waals surface area contributed by atoms with Gasteiger partial charge in [-0.1, -0.05) is 12.1 Å². The third-order valence-electron chi connectivity index (χ3n) is 1.85. The minimum absolute atomic E-state index is 0.253.